The minimum atomic E-state index is -0.832. The van der Waals surface area contributed by atoms with Crippen molar-refractivity contribution in [3.05, 3.63) is 28.8 Å². The van der Waals surface area contributed by atoms with Gasteiger partial charge in [-0.2, -0.15) is 0 Å². The molecule has 0 saturated heterocycles. The van der Waals surface area contributed by atoms with Gasteiger partial charge in [-0.1, -0.05) is 0 Å². The summed E-state index contributed by atoms with van der Waals surface area (Å²) in [5.41, 5.74) is 6.92. The Labute approximate surface area is 140 Å². The smallest absolute Gasteiger partial charge is 0.415 e. The number of carbonyl (C=O) groups excluding carboxylic acids is 3. The molecular formula is C17H22N2O5. The Morgan fingerprint density at radius 1 is 1.25 bits per heavy atom. The van der Waals surface area contributed by atoms with Crippen LogP contribution in [0.4, 0.5) is 10.5 Å². The number of aryl methyl sites for hydroxylation is 1. The van der Waals surface area contributed by atoms with Crippen LogP contribution in [0.5, 0.6) is 0 Å². The van der Waals surface area contributed by atoms with Crippen molar-refractivity contribution in [3.63, 3.8) is 0 Å². The number of hydrogen-bond donors (Lipinski definition) is 1. The van der Waals surface area contributed by atoms with Crippen LogP contribution >= 0.6 is 0 Å². The van der Waals surface area contributed by atoms with Gasteiger partial charge in [-0.05, 0) is 51.0 Å². The van der Waals surface area contributed by atoms with E-state index in [-0.39, 0.29) is 5.56 Å². The Kier molecular flexibility index (Phi) is 4.55. The molecule has 24 heavy (non-hydrogen) atoms. The van der Waals surface area contributed by atoms with E-state index >= 15 is 0 Å². The molecule has 0 saturated carbocycles. The van der Waals surface area contributed by atoms with Crippen LogP contribution in [-0.4, -0.2) is 36.7 Å². The number of esters is 1. The number of ether oxygens (including phenoxy) is 2. The SMILES string of the molecule is COC(=O)[C@@H]1Cc2c(C)cc(C(N)=O)cc2N1C(=O)OC(C)(C)C. The number of nitrogens with two attached hydrogens (primary N) is 1. The van der Waals surface area contributed by atoms with E-state index in [0.29, 0.717) is 12.1 Å². The van der Waals surface area contributed by atoms with E-state index in [1.807, 2.05) is 0 Å². The van der Waals surface area contributed by atoms with Crippen LogP contribution in [-0.2, 0) is 20.7 Å². The van der Waals surface area contributed by atoms with Crippen molar-refractivity contribution < 1.29 is 23.9 Å². The quantitative estimate of drug-likeness (QED) is 0.833. The van der Waals surface area contributed by atoms with Crippen molar-refractivity contribution in [1.29, 1.82) is 0 Å². The molecule has 7 heteroatoms. The predicted octanol–water partition coefficient (Wildman–Crippen LogP) is 1.93. The summed E-state index contributed by atoms with van der Waals surface area (Å²) in [5, 5.41) is 0. The van der Waals surface area contributed by atoms with Crippen molar-refractivity contribution in [2.75, 3.05) is 12.0 Å². The van der Waals surface area contributed by atoms with E-state index < -0.39 is 29.6 Å². The summed E-state index contributed by atoms with van der Waals surface area (Å²) in [4.78, 5) is 37.5. The van der Waals surface area contributed by atoms with Crippen molar-refractivity contribution in [1.82, 2.24) is 0 Å². The first-order chi connectivity index (χ1) is 11.0. The van der Waals surface area contributed by atoms with Crippen LogP contribution in [0.2, 0.25) is 0 Å². The van der Waals surface area contributed by atoms with Gasteiger partial charge in [-0.3, -0.25) is 9.69 Å². The summed E-state index contributed by atoms with van der Waals surface area (Å²) >= 11 is 0. The van der Waals surface area contributed by atoms with Gasteiger partial charge in [0.1, 0.15) is 11.6 Å². The molecule has 1 heterocycles. The first-order valence-corrected chi connectivity index (χ1v) is 7.58. The van der Waals surface area contributed by atoms with Crippen molar-refractivity contribution in [2.24, 2.45) is 5.73 Å². The van der Waals surface area contributed by atoms with Crippen LogP contribution in [0.1, 0.15) is 42.3 Å². The Hall–Kier alpha value is -2.57. The zero-order valence-electron chi connectivity index (χ0n) is 14.5. The Morgan fingerprint density at radius 3 is 2.38 bits per heavy atom. The average molecular weight is 334 g/mol. The number of fused-ring (bicyclic) bond motifs is 1. The molecule has 1 aromatic carbocycles. The molecule has 0 spiro atoms. The molecule has 0 aromatic heterocycles. The van der Waals surface area contributed by atoms with Crippen LogP contribution in [0.3, 0.4) is 0 Å². The number of hydrogen-bond acceptors (Lipinski definition) is 5. The number of anilines is 1. The molecule has 1 atom stereocenters. The topological polar surface area (TPSA) is 98.9 Å². The third-order valence-corrected chi connectivity index (χ3v) is 3.77. The Bertz CT molecular complexity index is 706. The summed E-state index contributed by atoms with van der Waals surface area (Å²) in [7, 11) is 1.26. The lowest BCUT2D eigenvalue weighted by Crippen LogP contribution is -2.45. The Balaban J connectivity index is 2.54. The molecule has 0 bridgehead atoms. The molecule has 2 amide bonds. The van der Waals surface area contributed by atoms with E-state index in [2.05, 4.69) is 0 Å². The highest BCUT2D eigenvalue weighted by atomic mass is 16.6. The second-order valence-corrected chi connectivity index (χ2v) is 6.75. The van der Waals surface area contributed by atoms with Gasteiger partial charge in [-0.15, -0.1) is 0 Å². The van der Waals surface area contributed by atoms with Gasteiger partial charge in [0.25, 0.3) is 0 Å². The standard InChI is InChI=1S/C17H22N2O5/c1-9-6-10(14(18)20)7-12-11(9)8-13(15(21)23-5)19(12)16(22)24-17(2,3)4/h6-7,13H,8H2,1-5H3,(H2,18,20)/t13-/m0/s1. The maximum Gasteiger partial charge on any atom is 0.415 e. The molecule has 0 aliphatic carbocycles. The minimum absolute atomic E-state index is 0.269. The summed E-state index contributed by atoms with van der Waals surface area (Å²) in [6.07, 6.45) is -0.371. The van der Waals surface area contributed by atoms with E-state index in [0.717, 1.165) is 11.1 Å². The lowest BCUT2D eigenvalue weighted by Gasteiger charge is -2.28. The third-order valence-electron chi connectivity index (χ3n) is 3.77. The fourth-order valence-electron chi connectivity index (χ4n) is 2.74. The predicted molar refractivity (Wildman–Crippen MR) is 87.9 cm³/mol. The third kappa shape index (κ3) is 3.34. The lowest BCUT2D eigenvalue weighted by molar-refractivity contribution is -0.142. The lowest BCUT2D eigenvalue weighted by atomic mass is 10.0. The molecule has 1 aliphatic rings. The number of benzene rings is 1. The molecule has 0 fully saturated rings. The first kappa shape index (κ1) is 17.8. The number of methoxy groups -OCH3 is 1. The summed E-state index contributed by atoms with van der Waals surface area (Å²) in [6.45, 7) is 7.01. The van der Waals surface area contributed by atoms with E-state index in [1.165, 1.54) is 18.1 Å². The van der Waals surface area contributed by atoms with Crippen LogP contribution in [0.15, 0.2) is 12.1 Å². The number of primary amides is 1. The molecule has 0 unspecified atom stereocenters. The number of nitrogens with zero attached hydrogens (tertiary/aromatic N) is 1. The second-order valence-electron chi connectivity index (χ2n) is 6.75. The molecule has 2 N–H and O–H groups in total. The molecule has 0 radical (unpaired) electrons. The molecule has 7 nitrogen and oxygen atoms in total. The van der Waals surface area contributed by atoms with E-state index in [9.17, 15) is 14.4 Å². The van der Waals surface area contributed by atoms with Crippen molar-refractivity contribution in [2.45, 2.75) is 45.8 Å². The molecule has 1 aliphatic heterocycles. The monoisotopic (exact) mass is 334 g/mol. The highest BCUT2D eigenvalue weighted by Crippen LogP contribution is 2.37. The normalized spacial score (nSPS) is 16.5. The molecule has 130 valence electrons. The number of carbonyl (C=O) groups is 3. The minimum Gasteiger partial charge on any atom is -0.467 e. The van der Waals surface area contributed by atoms with Gasteiger partial charge in [0, 0.05) is 12.0 Å². The van der Waals surface area contributed by atoms with Crippen LogP contribution in [0.25, 0.3) is 0 Å². The van der Waals surface area contributed by atoms with Crippen LogP contribution in [0, 0.1) is 6.92 Å². The summed E-state index contributed by atoms with van der Waals surface area (Å²) < 4.78 is 10.2. The summed E-state index contributed by atoms with van der Waals surface area (Å²) in [5.74, 6) is -1.15. The molecule has 2 rings (SSSR count). The van der Waals surface area contributed by atoms with Crippen LogP contribution < -0.4 is 10.6 Å². The highest BCUT2D eigenvalue weighted by Gasteiger charge is 2.42. The first-order valence-electron chi connectivity index (χ1n) is 7.58. The molecule has 1 aromatic rings. The zero-order chi connectivity index (χ0) is 18.2. The number of rotatable bonds is 2. The van der Waals surface area contributed by atoms with Gasteiger partial charge in [-0.25, -0.2) is 9.59 Å². The van der Waals surface area contributed by atoms with Crippen molar-refractivity contribution in [3.8, 4) is 0 Å². The fourth-order valence-corrected chi connectivity index (χ4v) is 2.74. The zero-order valence-corrected chi connectivity index (χ0v) is 14.5. The fraction of sp³-hybridized carbons (Fsp3) is 0.471. The maximum atomic E-state index is 12.6. The summed E-state index contributed by atoms with van der Waals surface area (Å²) in [6, 6.07) is 2.33. The second kappa shape index (κ2) is 6.14. The van der Waals surface area contributed by atoms with Gasteiger partial charge in [0.2, 0.25) is 5.91 Å². The molecular weight excluding hydrogens is 312 g/mol. The van der Waals surface area contributed by atoms with E-state index in [4.69, 9.17) is 15.2 Å². The highest BCUT2D eigenvalue weighted by molar-refractivity contribution is 6.02. The maximum absolute atomic E-state index is 12.6. The van der Waals surface area contributed by atoms with Gasteiger partial charge in [0.05, 0.1) is 12.8 Å². The van der Waals surface area contributed by atoms with Gasteiger partial charge >= 0.3 is 12.1 Å². The van der Waals surface area contributed by atoms with Crippen molar-refractivity contribution >= 4 is 23.7 Å². The van der Waals surface area contributed by atoms with Gasteiger partial charge < -0.3 is 15.2 Å². The largest absolute Gasteiger partial charge is 0.467 e. The average Bonchev–Trinajstić information content (AvgIpc) is 2.84. The Morgan fingerprint density at radius 2 is 1.88 bits per heavy atom. The van der Waals surface area contributed by atoms with Gasteiger partial charge in [0.15, 0.2) is 0 Å². The number of amides is 2. The van der Waals surface area contributed by atoms with E-state index in [1.54, 1.807) is 33.8 Å².